The van der Waals surface area contributed by atoms with Crippen molar-refractivity contribution in [2.75, 3.05) is 11.1 Å². The number of rotatable bonds is 8. The van der Waals surface area contributed by atoms with Crippen LogP contribution in [0.5, 0.6) is 0 Å². The van der Waals surface area contributed by atoms with Crippen LogP contribution in [-0.4, -0.2) is 32.1 Å². The molecule has 0 radical (unpaired) electrons. The summed E-state index contributed by atoms with van der Waals surface area (Å²) < 4.78 is 1.99. The molecule has 33 heavy (non-hydrogen) atoms. The van der Waals surface area contributed by atoms with Crippen LogP contribution in [0.2, 0.25) is 0 Å². The zero-order chi connectivity index (χ0) is 23.0. The molecule has 7 nitrogen and oxygen atoms in total. The molecule has 4 rings (SSSR count). The van der Waals surface area contributed by atoms with Crippen molar-refractivity contribution in [2.45, 2.75) is 51.2 Å². The van der Waals surface area contributed by atoms with Crippen molar-refractivity contribution in [3.8, 4) is 5.69 Å². The van der Waals surface area contributed by atoms with Crippen LogP contribution in [0.1, 0.15) is 44.0 Å². The number of aromatic nitrogens is 3. The van der Waals surface area contributed by atoms with Crippen molar-refractivity contribution in [1.29, 1.82) is 0 Å². The molecule has 0 saturated heterocycles. The molecule has 2 N–H and O–H groups in total. The minimum absolute atomic E-state index is 0.132. The summed E-state index contributed by atoms with van der Waals surface area (Å²) in [5, 5.41) is 17.2. The molecule has 1 aliphatic carbocycles. The minimum atomic E-state index is -0.132. The van der Waals surface area contributed by atoms with Crippen molar-refractivity contribution in [3.05, 3.63) is 66.0 Å². The maximum absolute atomic E-state index is 12.4. The van der Waals surface area contributed by atoms with E-state index in [0.717, 1.165) is 42.2 Å². The number of nitrogens with one attached hydrogen (secondary N) is 2. The Kier molecular flexibility index (Phi) is 7.78. The lowest BCUT2D eigenvalue weighted by molar-refractivity contribution is -0.118. The molecule has 1 amide bonds. The van der Waals surface area contributed by atoms with E-state index < -0.39 is 0 Å². The Morgan fingerprint density at radius 1 is 1.12 bits per heavy atom. The van der Waals surface area contributed by atoms with Gasteiger partial charge in [0.2, 0.25) is 0 Å². The van der Waals surface area contributed by atoms with Crippen molar-refractivity contribution in [1.82, 2.24) is 20.2 Å². The molecule has 1 saturated carbocycles. The van der Waals surface area contributed by atoms with Crippen molar-refractivity contribution < 1.29 is 4.79 Å². The van der Waals surface area contributed by atoms with E-state index in [9.17, 15) is 4.79 Å². The molecular weight excluding hydrogens is 432 g/mol. The van der Waals surface area contributed by atoms with E-state index in [1.54, 1.807) is 0 Å². The van der Waals surface area contributed by atoms with E-state index in [0.29, 0.717) is 17.6 Å². The van der Waals surface area contributed by atoms with Gasteiger partial charge in [-0.05, 0) is 56.4 Å². The van der Waals surface area contributed by atoms with Crippen LogP contribution in [0.25, 0.3) is 5.69 Å². The van der Waals surface area contributed by atoms with E-state index in [1.165, 1.54) is 23.7 Å². The quantitative estimate of drug-likeness (QED) is 0.365. The molecule has 0 bridgehead atoms. The number of carbonyl (C=O) groups excluding carboxylic acids is 1. The van der Waals surface area contributed by atoms with Gasteiger partial charge in [-0.1, -0.05) is 61.0 Å². The number of amides is 1. The second-order valence-corrected chi connectivity index (χ2v) is 9.31. The van der Waals surface area contributed by atoms with Gasteiger partial charge in [0.1, 0.15) is 0 Å². The Labute approximate surface area is 199 Å². The monoisotopic (exact) mass is 462 g/mol. The van der Waals surface area contributed by atoms with E-state index in [1.807, 2.05) is 47.0 Å². The second-order valence-electron chi connectivity index (χ2n) is 8.36. The minimum Gasteiger partial charge on any atom is -0.378 e. The number of anilines is 1. The standard InChI is InChI=1S/C25H30N6OS/c1-18-12-14-20(15-13-18)26-16-23-28-30-25(31(23)21-9-4-3-5-10-21)33-17-24(32)29-27-22-11-7-6-8-19(22)2/h3-5,9-10,12-15,19,26H,6-8,11,16-17H2,1-2H3,(H,29,32)/b27-22-/t19-/m0/s1. The number of hydrazone groups is 1. The smallest absolute Gasteiger partial charge is 0.250 e. The number of hydrogen-bond donors (Lipinski definition) is 2. The van der Waals surface area contributed by atoms with Crippen molar-refractivity contribution >= 4 is 29.1 Å². The summed E-state index contributed by atoms with van der Waals surface area (Å²) in [6.45, 7) is 4.76. The third-order valence-electron chi connectivity index (χ3n) is 5.76. The Morgan fingerprint density at radius 2 is 1.91 bits per heavy atom. The van der Waals surface area contributed by atoms with Crippen LogP contribution in [0.4, 0.5) is 5.69 Å². The van der Waals surface area contributed by atoms with Gasteiger partial charge in [0.25, 0.3) is 5.91 Å². The summed E-state index contributed by atoms with van der Waals surface area (Å²) in [7, 11) is 0. The number of benzene rings is 2. The lowest BCUT2D eigenvalue weighted by Crippen LogP contribution is -2.25. The fourth-order valence-electron chi connectivity index (χ4n) is 3.83. The Morgan fingerprint density at radius 3 is 2.67 bits per heavy atom. The molecule has 8 heteroatoms. The molecule has 1 heterocycles. The van der Waals surface area contributed by atoms with E-state index in [2.05, 4.69) is 52.0 Å². The molecule has 1 fully saturated rings. The highest BCUT2D eigenvalue weighted by atomic mass is 32.2. The molecule has 0 aliphatic heterocycles. The van der Waals surface area contributed by atoms with Gasteiger partial charge in [-0.25, -0.2) is 5.43 Å². The molecule has 172 valence electrons. The molecule has 0 spiro atoms. The molecule has 3 aromatic rings. The van der Waals surface area contributed by atoms with Crippen molar-refractivity contribution in [3.63, 3.8) is 0 Å². The highest BCUT2D eigenvalue weighted by molar-refractivity contribution is 7.99. The maximum atomic E-state index is 12.4. The predicted octanol–water partition coefficient (Wildman–Crippen LogP) is 4.96. The molecule has 2 aromatic carbocycles. The Hall–Kier alpha value is -3.13. The molecule has 0 unspecified atom stereocenters. The highest BCUT2D eigenvalue weighted by Crippen LogP contribution is 2.23. The largest absolute Gasteiger partial charge is 0.378 e. The van der Waals surface area contributed by atoms with Crippen LogP contribution in [0.15, 0.2) is 64.9 Å². The highest BCUT2D eigenvalue weighted by Gasteiger charge is 2.18. The fraction of sp³-hybridized carbons (Fsp3) is 0.360. The first-order valence-corrected chi connectivity index (χ1v) is 12.4. The summed E-state index contributed by atoms with van der Waals surface area (Å²) >= 11 is 1.36. The lowest BCUT2D eigenvalue weighted by Gasteiger charge is -2.19. The van der Waals surface area contributed by atoms with Gasteiger partial charge in [0.05, 0.1) is 12.3 Å². The third-order valence-corrected chi connectivity index (χ3v) is 6.69. The zero-order valence-electron chi connectivity index (χ0n) is 19.1. The van der Waals surface area contributed by atoms with Crippen LogP contribution in [0.3, 0.4) is 0 Å². The average Bonchev–Trinajstić information content (AvgIpc) is 3.25. The average molecular weight is 463 g/mol. The van der Waals surface area contributed by atoms with Crippen LogP contribution < -0.4 is 10.7 Å². The summed E-state index contributed by atoms with van der Waals surface area (Å²) in [5.74, 6) is 1.31. The predicted molar refractivity (Wildman–Crippen MR) is 134 cm³/mol. The number of aryl methyl sites for hydroxylation is 1. The van der Waals surface area contributed by atoms with E-state index in [-0.39, 0.29) is 11.7 Å². The third kappa shape index (κ3) is 6.22. The van der Waals surface area contributed by atoms with Gasteiger partial charge in [0.15, 0.2) is 11.0 Å². The van der Waals surface area contributed by atoms with Gasteiger partial charge in [-0.3, -0.25) is 9.36 Å². The normalized spacial score (nSPS) is 17.2. The number of carbonyl (C=O) groups is 1. The summed E-state index contributed by atoms with van der Waals surface area (Å²) in [4.78, 5) is 12.4. The summed E-state index contributed by atoms with van der Waals surface area (Å²) in [6.07, 6.45) is 4.49. The topological polar surface area (TPSA) is 84.2 Å². The number of hydrogen-bond acceptors (Lipinski definition) is 6. The SMILES string of the molecule is Cc1ccc(NCc2nnc(SCC(=O)N/N=C3/CCCC[C@@H]3C)n2-c2ccccc2)cc1. The zero-order valence-corrected chi connectivity index (χ0v) is 19.9. The number of thioether (sulfide) groups is 1. The number of nitrogens with zero attached hydrogens (tertiary/aromatic N) is 4. The maximum Gasteiger partial charge on any atom is 0.250 e. The first-order valence-electron chi connectivity index (χ1n) is 11.4. The van der Waals surface area contributed by atoms with Gasteiger partial charge in [0, 0.05) is 17.1 Å². The Bertz CT molecular complexity index is 1090. The molecule has 1 aromatic heterocycles. The van der Waals surface area contributed by atoms with E-state index in [4.69, 9.17) is 0 Å². The fourth-order valence-corrected chi connectivity index (χ4v) is 4.59. The van der Waals surface area contributed by atoms with E-state index >= 15 is 0 Å². The first kappa shape index (κ1) is 23.0. The first-order chi connectivity index (χ1) is 16.1. The van der Waals surface area contributed by atoms with Gasteiger partial charge in [-0.15, -0.1) is 10.2 Å². The molecule has 1 aliphatic rings. The number of para-hydroxylation sites is 1. The second kappa shape index (κ2) is 11.1. The van der Waals surface area contributed by atoms with Crippen LogP contribution in [-0.2, 0) is 11.3 Å². The molecular formula is C25H30N6OS. The van der Waals surface area contributed by atoms with Crippen molar-refractivity contribution in [2.24, 2.45) is 11.0 Å². The van der Waals surface area contributed by atoms with Gasteiger partial charge < -0.3 is 5.32 Å². The summed E-state index contributed by atoms with van der Waals surface area (Å²) in [5.41, 5.74) is 7.02. The Balaban J connectivity index is 1.44. The van der Waals surface area contributed by atoms with Crippen LogP contribution >= 0.6 is 11.8 Å². The summed E-state index contributed by atoms with van der Waals surface area (Å²) in [6, 6.07) is 18.2. The van der Waals surface area contributed by atoms with Gasteiger partial charge in [-0.2, -0.15) is 5.10 Å². The van der Waals surface area contributed by atoms with Crippen LogP contribution in [0, 0.1) is 12.8 Å². The molecule has 1 atom stereocenters. The lowest BCUT2D eigenvalue weighted by atomic mass is 9.89. The van der Waals surface area contributed by atoms with Gasteiger partial charge >= 0.3 is 0 Å².